The Morgan fingerprint density at radius 2 is 1.39 bits per heavy atom. The van der Waals surface area contributed by atoms with Crippen LogP contribution in [0.15, 0.2) is 78.3 Å². The van der Waals surface area contributed by atoms with E-state index in [1.54, 1.807) is 6.92 Å². The molecule has 0 atom stereocenters. The van der Waals surface area contributed by atoms with Gasteiger partial charge in [-0.1, -0.05) is 34.8 Å². The summed E-state index contributed by atoms with van der Waals surface area (Å²) in [6.07, 6.45) is 8.81. The van der Waals surface area contributed by atoms with Crippen LogP contribution in [0.2, 0.25) is 0 Å². The molecule has 4 N–H and O–H groups in total. The smallest absolute Gasteiger partial charge is 0.321 e. The Labute approximate surface area is 263 Å². The van der Waals surface area contributed by atoms with Gasteiger partial charge in [0, 0.05) is 49.0 Å². The molecular formula is C32H32N8O2S2. The first-order valence-corrected chi connectivity index (χ1v) is 15.4. The largest absolute Gasteiger partial charge is 0.375 e. The molecule has 10 nitrogen and oxygen atoms in total. The highest BCUT2D eigenvalue weighted by atomic mass is 32.1. The number of nitrogens with zero attached hydrogens (tertiary/aromatic N) is 5. The molecule has 44 heavy (non-hydrogen) atoms. The lowest BCUT2D eigenvalue weighted by atomic mass is 10.1. The maximum Gasteiger partial charge on any atom is 0.321 e. The Balaban J connectivity index is 0.000000178. The minimum Gasteiger partial charge on any atom is -0.375 e. The standard InChI is InChI=1S/C16H16N4OS.C13H11N3S.C3H5NO/c1-3-18-15(21)20-16-19-13-5-4-11(7-14(13)22-16)12-6-10(2)8-17-9-12;1-8-4-10(7-15-6-8)9-2-3-11-12(5-9)17-13(14)16-11;1-2-4-3-5/h4-9H,3H2,1-2H3,(H2,18,19,20,21);2-7H,1H3,(H2,14,16);2H2,1H3. The van der Waals surface area contributed by atoms with Gasteiger partial charge in [-0.3, -0.25) is 15.3 Å². The minimum absolute atomic E-state index is 0.232. The van der Waals surface area contributed by atoms with Crippen molar-refractivity contribution in [3.05, 3.63) is 84.4 Å². The van der Waals surface area contributed by atoms with Crippen molar-refractivity contribution in [2.45, 2.75) is 27.7 Å². The highest BCUT2D eigenvalue weighted by Gasteiger charge is 2.09. The minimum atomic E-state index is -0.232. The highest BCUT2D eigenvalue weighted by Crippen LogP contribution is 2.31. The number of aromatic nitrogens is 4. The number of aryl methyl sites for hydroxylation is 2. The number of benzene rings is 2. The summed E-state index contributed by atoms with van der Waals surface area (Å²) in [5.74, 6) is 0. The Bertz CT molecular complexity index is 1930. The molecular weight excluding hydrogens is 593 g/mol. The fourth-order valence-corrected chi connectivity index (χ4v) is 5.75. The van der Waals surface area contributed by atoms with E-state index in [4.69, 9.17) is 10.5 Å². The van der Waals surface area contributed by atoms with Crippen LogP contribution in [0.5, 0.6) is 0 Å². The van der Waals surface area contributed by atoms with Crippen molar-refractivity contribution in [3.63, 3.8) is 0 Å². The lowest BCUT2D eigenvalue weighted by molar-refractivity contribution is 0.252. The topological polar surface area (TPSA) is 148 Å². The number of rotatable bonds is 5. The summed E-state index contributed by atoms with van der Waals surface area (Å²) in [6, 6.07) is 16.2. The van der Waals surface area contributed by atoms with E-state index in [9.17, 15) is 4.79 Å². The average Bonchev–Trinajstić information content (AvgIpc) is 3.59. The summed E-state index contributed by atoms with van der Waals surface area (Å²) in [7, 11) is 0. The number of carbonyl (C=O) groups is 1. The number of pyridine rings is 2. The lowest BCUT2D eigenvalue weighted by Crippen LogP contribution is -2.28. The fraction of sp³-hybridized carbons (Fsp3) is 0.188. The van der Waals surface area contributed by atoms with Crippen LogP contribution in [0.4, 0.5) is 15.1 Å². The monoisotopic (exact) mass is 624 g/mol. The van der Waals surface area contributed by atoms with Crippen LogP contribution in [-0.4, -0.2) is 45.1 Å². The van der Waals surface area contributed by atoms with Crippen LogP contribution in [0.3, 0.4) is 0 Å². The third-order valence-electron chi connectivity index (χ3n) is 5.99. The van der Waals surface area contributed by atoms with Gasteiger partial charge in [0.25, 0.3) is 0 Å². The molecule has 0 bridgehead atoms. The van der Waals surface area contributed by atoms with Crippen LogP contribution in [0, 0.1) is 13.8 Å². The third kappa shape index (κ3) is 8.74. The van der Waals surface area contributed by atoms with E-state index in [0.29, 0.717) is 23.4 Å². The van der Waals surface area contributed by atoms with Gasteiger partial charge in [0.1, 0.15) is 0 Å². The van der Waals surface area contributed by atoms with Crippen LogP contribution in [0.1, 0.15) is 25.0 Å². The summed E-state index contributed by atoms with van der Waals surface area (Å²) in [4.78, 5) is 40.9. The molecule has 0 aliphatic heterocycles. The SMILES string of the molecule is CCN=C=O.CCNC(=O)Nc1nc2ccc(-c3cncc(C)c3)cc2s1.Cc1cncc(-c2ccc3nc(N)sc3c2)c1. The van der Waals surface area contributed by atoms with Crippen molar-refractivity contribution in [3.8, 4) is 22.3 Å². The Morgan fingerprint density at radius 1 is 0.818 bits per heavy atom. The summed E-state index contributed by atoms with van der Waals surface area (Å²) in [5.41, 5.74) is 14.3. The first kappa shape index (κ1) is 31.9. The first-order chi connectivity index (χ1) is 21.3. The Morgan fingerprint density at radius 3 is 1.89 bits per heavy atom. The van der Waals surface area contributed by atoms with Gasteiger partial charge in [0.15, 0.2) is 10.3 Å². The molecule has 224 valence electrons. The highest BCUT2D eigenvalue weighted by molar-refractivity contribution is 7.22. The molecule has 0 saturated carbocycles. The zero-order chi connectivity index (χ0) is 31.5. The van der Waals surface area contributed by atoms with Gasteiger partial charge in [-0.05, 0) is 86.3 Å². The van der Waals surface area contributed by atoms with E-state index in [0.717, 1.165) is 53.8 Å². The molecule has 0 aliphatic carbocycles. The van der Waals surface area contributed by atoms with Crippen molar-refractivity contribution >= 4 is 65.5 Å². The number of urea groups is 1. The van der Waals surface area contributed by atoms with Gasteiger partial charge < -0.3 is 11.1 Å². The molecule has 0 spiro atoms. The van der Waals surface area contributed by atoms with Crippen molar-refractivity contribution in [1.82, 2.24) is 25.3 Å². The van der Waals surface area contributed by atoms with E-state index >= 15 is 0 Å². The van der Waals surface area contributed by atoms with E-state index in [2.05, 4.69) is 65.9 Å². The summed E-state index contributed by atoms with van der Waals surface area (Å²) >= 11 is 2.97. The zero-order valence-electron chi connectivity index (χ0n) is 24.8. The number of nitrogens with one attached hydrogen (secondary N) is 2. The van der Waals surface area contributed by atoms with E-state index < -0.39 is 0 Å². The predicted molar refractivity (Wildman–Crippen MR) is 181 cm³/mol. The molecule has 0 saturated heterocycles. The maximum absolute atomic E-state index is 11.6. The molecule has 6 rings (SSSR count). The van der Waals surface area contributed by atoms with Gasteiger partial charge in [0.05, 0.1) is 20.4 Å². The van der Waals surface area contributed by atoms with Gasteiger partial charge in [0.2, 0.25) is 6.08 Å². The Hall–Kier alpha value is -5.03. The summed E-state index contributed by atoms with van der Waals surface area (Å²) < 4.78 is 2.15. The molecule has 2 aromatic carbocycles. The van der Waals surface area contributed by atoms with Crippen molar-refractivity contribution in [2.75, 3.05) is 24.1 Å². The molecule has 2 amide bonds. The number of carbonyl (C=O) groups excluding carboxylic acids is 2. The van der Waals surface area contributed by atoms with Crippen LogP contribution >= 0.6 is 22.7 Å². The second-order valence-corrected chi connectivity index (χ2v) is 11.6. The van der Waals surface area contributed by atoms with Crippen LogP contribution in [-0.2, 0) is 4.79 Å². The molecule has 4 heterocycles. The fourth-order valence-electron chi connectivity index (χ4n) is 4.07. The molecule has 0 radical (unpaired) electrons. The second kappa shape index (κ2) is 15.4. The number of hydrogen-bond acceptors (Lipinski definition) is 10. The van der Waals surface area contributed by atoms with E-state index in [-0.39, 0.29) is 6.03 Å². The van der Waals surface area contributed by atoms with E-state index in [1.165, 1.54) is 28.8 Å². The predicted octanol–water partition coefficient (Wildman–Crippen LogP) is 7.40. The maximum atomic E-state index is 11.6. The molecule has 6 aromatic rings. The van der Waals surface area contributed by atoms with Gasteiger partial charge in [-0.15, -0.1) is 0 Å². The van der Waals surface area contributed by atoms with Gasteiger partial charge in [-0.2, -0.15) is 0 Å². The van der Waals surface area contributed by atoms with Crippen LogP contribution in [0.25, 0.3) is 42.7 Å². The quantitative estimate of drug-likeness (QED) is 0.134. The van der Waals surface area contributed by atoms with Gasteiger partial charge in [-0.25, -0.2) is 24.5 Å². The van der Waals surface area contributed by atoms with Gasteiger partial charge >= 0.3 is 6.03 Å². The number of amides is 2. The summed E-state index contributed by atoms with van der Waals surface area (Å²) in [6.45, 7) is 8.85. The number of thiazole rings is 2. The number of nitrogen functional groups attached to an aromatic ring is 1. The van der Waals surface area contributed by atoms with Crippen molar-refractivity contribution in [2.24, 2.45) is 4.99 Å². The number of anilines is 2. The summed E-state index contributed by atoms with van der Waals surface area (Å²) in [5, 5.41) is 6.64. The average molecular weight is 625 g/mol. The zero-order valence-corrected chi connectivity index (χ0v) is 26.4. The molecule has 0 unspecified atom stereocenters. The lowest BCUT2D eigenvalue weighted by Gasteiger charge is -2.01. The number of aliphatic imine (C=N–C) groups is 1. The molecule has 0 aliphatic rings. The molecule has 12 heteroatoms. The normalized spacial score (nSPS) is 10.2. The van der Waals surface area contributed by atoms with Crippen molar-refractivity contribution in [1.29, 1.82) is 0 Å². The number of fused-ring (bicyclic) bond motifs is 2. The van der Waals surface area contributed by atoms with E-state index in [1.807, 2.05) is 63.8 Å². The Kier molecular flexibility index (Phi) is 11.2. The number of isocyanates is 1. The van der Waals surface area contributed by atoms with Crippen molar-refractivity contribution < 1.29 is 9.59 Å². The third-order valence-corrected chi connectivity index (χ3v) is 7.77. The second-order valence-electron chi connectivity index (χ2n) is 9.49. The molecule has 0 fully saturated rings. The first-order valence-electron chi connectivity index (χ1n) is 13.8. The molecule has 4 aromatic heterocycles. The number of nitrogens with two attached hydrogens (primary N) is 1. The van der Waals surface area contributed by atoms with Crippen LogP contribution < -0.4 is 16.4 Å². The number of hydrogen-bond donors (Lipinski definition) is 3.